The minimum atomic E-state index is 0.116. The number of methoxy groups -OCH3 is 1. The van der Waals surface area contributed by atoms with E-state index in [0.717, 1.165) is 40.8 Å². The van der Waals surface area contributed by atoms with E-state index in [4.69, 9.17) is 14.9 Å². The summed E-state index contributed by atoms with van der Waals surface area (Å²) in [6, 6.07) is 2.10. The number of likely N-dealkylation sites (tertiary alicyclic amines) is 1. The number of rotatable bonds is 4. The first-order valence-electron chi connectivity index (χ1n) is 6.07. The van der Waals surface area contributed by atoms with Gasteiger partial charge in [-0.1, -0.05) is 0 Å². The first-order valence-corrected chi connectivity index (χ1v) is 7.66. The molecule has 102 valence electrons. The summed E-state index contributed by atoms with van der Waals surface area (Å²) < 4.78 is 12.8. The van der Waals surface area contributed by atoms with E-state index in [1.54, 1.807) is 7.11 Å². The van der Waals surface area contributed by atoms with Gasteiger partial charge in [-0.25, -0.2) is 0 Å². The second-order valence-corrected chi connectivity index (χ2v) is 6.09. The lowest BCUT2D eigenvalue weighted by atomic mass is 10.0. The third-order valence-electron chi connectivity index (χ3n) is 3.40. The molecule has 0 aromatic carbocycles. The van der Waals surface area contributed by atoms with Crippen molar-refractivity contribution in [1.29, 1.82) is 0 Å². The van der Waals surface area contributed by atoms with Crippen molar-refractivity contribution in [2.75, 3.05) is 26.7 Å². The largest absolute Gasteiger partial charge is 0.451 e. The molecule has 2 atom stereocenters. The number of hydrogen-bond donors (Lipinski definition) is 1. The van der Waals surface area contributed by atoms with Gasteiger partial charge in [-0.15, -0.1) is 0 Å². The van der Waals surface area contributed by atoms with E-state index in [1.165, 1.54) is 0 Å². The highest BCUT2D eigenvalue weighted by molar-refractivity contribution is 9.13. The first-order chi connectivity index (χ1) is 8.65. The predicted molar refractivity (Wildman–Crippen MR) is 77.5 cm³/mol. The minimum absolute atomic E-state index is 0.116. The number of nitrogens with zero attached hydrogens (tertiary/aromatic N) is 1. The fourth-order valence-electron chi connectivity index (χ4n) is 2.41. The molecule has 6 heteroatoms. The molecule has 0 spiro atoms. The monoisotopic (exact) mass is 380 g/mol. The van der Waals surface area contributed by atoms with Gasteiger partial charge in [0.2, 0.25) is 0 Å². The molecule has 2 rings (SSSR count). The Morgan fingerprint density at radius 3 is 2.94 bits per heavy atom. The normalized spacial score (nSPS) is 23.2. The molecule has 0 radical (unpaired) electrons. The Labute approximate surface area is 124 Å². The topological polar surface area (TPSA) is 51.6 Å². The van der Waals surface area contributed by atoms with Gasteiger partial charge in [0.25, 0.3) is 0 Å². The van der Waals surface area contributed by atoms with Gasteiger partial charge in [-0.2, -0.15) is 0 Å². The second kappa shape index (κ2) is 6.52. The highest BCUT2D eigenvalue weighted by Crippen LogP contribution is 2.33. The molecule has 2 heterocycles. The molecule has 0 amide bonds. The third kappa shape index (κ3) is 3.17. The fourth-order valence-corrected chi connectivity index (χ4v) is 3.02. The van der Waals surface area contributed by atoms with Crippen LogP contribution >= 0.6 is 31.9 Å². The summed E-state index contributed by atoms with van der Waals surface area (Å²) >= 11 is 6.80. The number of piperidine rings is 1. The average molecular weight is 382 g/mol. The maximum atomic E-state index is 5.91. The highest BCUT2D eigenvalue weighted by atomic mass is 79.9. The van der Waals surface area contributed by atoms with Crippen molar-refractivity contribution >= 4 is 31.9 Å². The van der Waals surface area contributed by atoms with Crippen molar-refractivity contribution in [3.63, 3.8) is 0 Å². The van der Waals surface area contributed by atoms with Crippen LogP contribution in [-0.2, 0) is 4.74 Å². The van der Waals surface area contributed by atoms with Crippen LogP contribution in [0.3, 0.4) is 0 Å². The van der Waals surface area contributed by atoms with Gasteiger partial charge in [0.05, 0.1) is 16.6 Å². The zero-order valence-corrected chi connectivity index (χ0v) is 13.5. The van der Waals surface area contributed by atoms with Gasteiger partial charge in [0.15, 0.2) is 4.67 Å². The Kier molecular flexibility index (Phi) is 5.26. The highest BCUT2D eigenvalue weighted by Gasteiger charge is 2.28. The maximum Gasteiger partial charge on any atom is 0.183 e. The molecule has 1 saturated heterocycles. The van der Waals surface area contributed by atoms with Gasteiger partial charge in [0.1, 0.15) is 5.76 Å². The molecule has 1 aliphatic rings. The van der Waals surface area contributed by atoms with E-state index in [1.807, 2.05) is 6.07 Å². The summed E-state index contributed by atoms with van der Waals surface area (Å²) in [7, 11) is 1.77. The van der Waals surface area contributed by atoms with Gasteiger partial charge in [-0.3, -0.25) is 4.90 Å². The van der Waals surface area contributed by atoms with Crippen molar-refractivity contribution in [1.82, 2.24) is 4.90 Å². The second-order valence-electron chi connectivity index (χ2n) is 4.52. The van der Waals surface area contributed by atoms with Crippen LogP contribution in [-0.4, -0.2) is 37.7 Å². The molecule has 0 saturated carbocycles. The molecule has 1 aliphatic heterocycles. The SMILES string of the molecule is COC1CCCN(C(CN)c2cc(Br)c(Br)o2)C1. The van der Waals surface area contributed by atoms with Crippen molar-refractivity contribution in [2.45, 2.75) is 25.0 Å². The number of ether oxygens (including phenoxy) is 1. The molecule has 2 N–H and O–H groups in total. The molecular formula is C12H18Br2N2O2. The Balaban J connectivity index is 2.12. The van der Waals surface area contributed by atoms with Crippen molar-refractivity contribution < 1.29 is 9.15 Å². The quantitative estimate of drug-likeness (QED) is 0.871. The lowest BCUT2D eigenvalue weighted by Crippen LogP contribution is -2.43. The van der Waals surface area contributed by atoms with Crippen LogP contribution in [0.15, 0.2) is 19.6 Å². The van der Waals surface area contributed by atoms with E-state index >= 15 is 0 Å². The summed E-state index contributed by atoms with van der Waals surface area (Å²) in [5.41, 5.74) is 5.91. The average Bonchev–Trinajstić information content (AvgIpc) is 2.70. The number of furan rings is 1. The van der Waals surface area contributed by atoms with Crippen LogP contribution in [0.4, 0.5) is 0 Å². The van der Waals surface area contributed by atoms with Crippen molar-refractivity contribution in [2.24, 2.45) is 5.73 Å². The smallest absolute Gasteiger partial charge is 0.183 e. The van der Waals surface area contributed by atoms with Crippen LogP contribution in [0.2, 0.25) is 0 Å². The number of halogens is 2. The van der Waals surface area contributed by atoms with Crippen molar-refractivity contribution in [3.8, 4) is 0 Å². The summed E-state index contributed by atoms with van der Waals surface area (Å²) in [5, 5.41) is 0. The molecule has 4 nitrogen and oxygen atoms in total. The van der Waals surface area contributed by atoms with Gasteiger partial charge in [-0.05, 0) is 57.3 Å². The molecule has 0 bridgehead atoms. The summed E-state index contributed by atoms with van der Waals surface area (Å²) in [6.07, 6.45) is 2.56. The van der Waals surface area contributed by atoms with E-state index in [2.05, 4.69) is 36.8 Å². The van der Waals surface area contributed by atoms with Crippen LogP contribution in [0.1, 0.15) is 24.6 Å². The zero-order valence-electron chi connectivity index (χ0n) is 10.4. The molecular weight excluding hydrogens is 364 g/mol. The Morgan fingerprint density at radius 2 is 2.39 bits per heavy atom. The predicted octanol–water partition coefficient (Wildman–Crippen LogP) is 2.92. The Morgan fingerprint density at radius 1 is 1.61 bits per heavy atom. The Hall–Kier alpha value is 0.120. The lowest BCUT2D eigenvalue weighted by molar-refractivity contribution is 0.0118. The number of hydrogen-bond acceptors (Lipinski definition) is 4. The lowest BCUT2D eigenvalue weighted by Gasteiger charge is -2.36. The Bertz CT molecular complexity index is 378. The fraction of sp³-hybridized carbons (Fsp3) is 0.667. The molecule has 1 aromatic heterocycles. The number of nitrogens with two attached hydrogens (primary N) is 1. The zero-order chi connectivity index (χ0) is 13.1. The van der Waals surface area contributed by atoms with E-state index in [-0.39, 0.29) is 6.04 Å². The van der Waals surface area contributed by atoms with Gasteiger partial charge < -0.3 is 14.9 Å². The third-order valence-corrected chi connectivity index (χ3v) is 5.11. The molecule has 18 heavy (non-hydrogen) atoms. The standard InChI is InChI=1S/C12H18Br2N2O2/c1-17-8-3-2-4-16(7-8)10(6-15)11-5-9(13)12(14)18-11/h5,8,10H,2-4,6-7,15H2,1H3. The van der Waals surface area contributed by atoms with Gasteiger partial charge in [0, 0.05) is 20.2 Å². The molecule has 1 fully saturated rings. The molecule has 2 unspecified atom stereocenters. The molecule has 0 aliphatic carbocycles. The molecule has 1 aromatic rings. The van der Waals surface area contributed by atoms with Crippen LogP contribution in [0.25, 0.3) is 0 Å². The van der Waals surface area contributed by atoms with Crippen LogP contribution in [0, 0.1) is 0 Å². The van der Waals surface area contributed by atoms with Crippen LogP contribution in [0.5, 0.6) is 0 Å². The van der Waals surface area contributed by atoms with E-state index < -0.39 is 0 Å². The summed E-state index contributed by atoms with van der Waals surface area (Å²) in [6.45, 7) is 2.49. The summed E-state index contributed by atoms with van der Waals surface area (Å²) in [4.78, 5) is 2.34. The van der Waals surface area contributed by atoms with E-state index in [0.29, 0.717) is 12.6 Å². The van der Waals surface area contributed by atoms with Gasteiger partial charge >= 0.3 is 0 Å². The minimum Gasteiger partial charge on any atom is -0.451 e. The van der Waals surface area contributed by atoms with Crippen molar-refractivity contribution in [3.05, 3.63) is 21.0 Å². The van der Waals surface area contributed by atoms with E-state index in [9.17, 15) is 0 Å². The first kappa shape index (κ1) is 14.5. The summed E-state index contributed by atoms with van der Waals surface area (Å²) in [5.74, 6) is 0.896. The van der Waals surface area contributed by atoms with Crippen LogP contribution < -0.4 is 5.73 Å². The maximum absolute atomic E-state index is 5.91.